The van der Waals surface area contributed by atoms with Crippen molar-refractivity contribution in [1.82, 2.24) is 4.90 Å². The molecule has 1 aliphatic heterocycles. The van der Waals surface area contributed by atoms with E-state index in [1.807, 2.05) is 6.92 Å². The SMILES string of the molecule is CCC[C@@H](C)N1CCS(=O)(=O)C[C@@H](C)C1. The van der Waals surface area contributed by atoms with E-state index in [1.54, 1.807) is 0 Å². The van der Waals surface area contributed by atoms with Gasteiger partial charge >= 0.3 is 0 Å². The summed E-state index contributed by atoms with van der Waals surface area (Å²) in [5, 5.41) is 0. The van der Waals surface area contributed by atoms with E-state index < -0.39 is 9.84 Å². The van der Waals surface area contributed by atoms with E-state index in [1.165, 1.54) is 6.42 Å². The van der Waals surface area contributed by atoms with Crippen LogP contribution in [0.4, 0.5) is 0 Å². The minimum absolute atomic E-state index is 0.275. The smallest absolute Gasteiger partial charge is 0.151 e. The summed E-state index contributed by atoms with van der Waals surface area (Å²) in [6.45, 7) is 8.06. The van der Waals surface area contributed by atoms with Crippen molar-refractivity contribution in [3.05, 3.63) is 0 Å². The van der Waals surface area contributed by atoms with Gasteiger partial charge in [0.25, 0.3) is 0 Å². The van der Waals surface area contributed by atoms with Gasteiger partial charge in [-0.05, 0) is 19.3 Å². The number of sulfone groups is 1. The highest BCUT2D eigenvalue weighted by molar-refractivity contribution is 7.91. The molecule has 0 aromatic heterocycles. The van der Waals surface area contributed by atoms with Crippen molar-refractivity contribution in [2.45, 2.75) is 39.7 Å². The summed E-state index contributed by atoms with van der Waals surface area (Å²) >= 11 is 0. The molecule has 1 rings (SSSR count). The normalized spacial score (nSPS) is 29.7. The molecule has 0 N–H and O–H groups in total. The first kappa shape index (κ1) is 13.0. The lowest BCUT2D eigenvalue weighted by atomic mass is 10.1. The highest BCUT2D eigenvalue weighted by Crippen LogP contribution is 2.15. The molecule has 0 aromatic rings. The highest BCUT2D eigenvalue weighted by Gasteiger charge is 2.26. The molecule has 2 atom stereocenters. The number of nitrogens with zero attached hydrogens (tertiary/aromatic N) is 1. The van der Waals surface area contributed by atoms with E-state index in [4.69, 9.17) is 0 Å². The summed E-state index contributed by atoms with van der Waals surface area (Å²) in [5.41, 5.74) is 0. The maximum atomic E-state index is 11.6. The minimum Gasteiger partial charge on any atom is -0.299 e. The fourth-order valence-electron chi connectivity index (χ4n) is 2.32. The van der Waals surface area contributed by atoms with Crippen molar-refractivity contribution in [2.24, 2.45) is 5.92 Å². The lowest BCUT2D eigenvalue weighted by molar-refractivity contribution is 0.193. The van der Waals surface area contributed by atoms with Gasteiger partial charge in [-0.2, -0.15) is 0 Å². The van der Waals surface area contributed by atoms with Crippen molar-refractivity contribution >= 4 is 9.84 Å². The van der Waals surface area contributed by atoms with Gasteiger partial charge in [0.15, 0.2) is 9.84 Å². The van der Waals surface area contributed by atoms with Gasteiger partial charge in [-0.25, -0.2) is 8.42 Å². The van der Waals surface area contributed by atoms with Gasteiger partial charge in [0, 0.05) is 19.1 Å². The number of hydrogen-bond acceptors (Lipinski definition) is 3. The molecular formula is C11H23NO2S. The van der Waals surface area contributed by atoms with Gasteiger partial charge in [-0.3, -0.25) is 4.90 Å². The van der Waals surface area contributed by atoms with Crippen molar-refractivity contribution in [2.75, 3.05) is 24.6 Å². The van der Waals surface area contributed by atoms with Gasteiger partial charge < -0.3 is 0 Å². The van der Waals surface area contributed by atoms with E-state index in [2.05, 4.69) is 18.7 Å². The van der Waals surface area contributed by atoms with Crippen LogP contribution in [0, 0.1) is 5.92 Å². The second-order valence-electron chi connectivity index (χ2n) is 4.85. The third-order valence-electron chi connectivity index (χ3n) is 3.10. The van der Waals surface area contributed by atoms with Crippen LogP contribution in [0.3, 0.4) is 0 Å². The molecule has 0 aromatic carbocycles. The Hall–Kier alpha value is -0.0900. The lowest BCUT2D eigenvalue weighted by Crippen LogP contribution is -2.37. The molecule has 90 valence electrons. The van der Waals surface area contributed by atoms with E-state index in [-0.39, 0.29) is 5.92 Å². The molecule has 3 nitrogen and oxygen atoms in total. The molecule has 0 spiro atoms. The second kappa shape index (κ2) is 5.30. The maximum Gasteiger partial charge on any atom is 0.151 e. The topological polar surface area (TPSA) is 37.4 Å². The average molecular weight is 233 g/mol. The minimum atomic E-state index is -2.79. The first-order chi connectivity index (χ1) is 6.94. The van der Waals surface area contributed by atoms with Gasteiger partial charge in [0.05, 0.1) is 11.5 Å². The third kappa shape index (κ3) is 4.11. The molecule has 0 saturated carbocycles. The summed E-state index contributed by atoms with van der Waals surface area (Å²) in [5.74, 6) is 0.977. The van der Waals surface area contributed by atoms with Crippen molar-refractivity contribution < 1.29 is 8.42 Å². The first-order valence-corrected chi connectivity index (χ1v) is 7.71. The van der Waals surface area contributed by atoms with Crippen molar-refractivity contribution in [1.29, 1.82) is 0 Å². The van der Waals surface area contributed by atoms with Crippen LogP contribution in [0.25, 0.3) is 0 Å². The quantitative estimate of drug-likeness (QED) is 0.742. The number of hydrogen-bond donors (Lipinski definition) is 0. The summed E-state index contributed by atoms with van der Waals surface area (Å²) in [6, 6.07) is 0.519. The van der Waals surface area contributed by atoms with Crippen LogP contribution in [0.15, 0.2) is 0 Å². The zero-order valence-electron chi connectivity index (χ0n) is 10.1. The summed E-state index contributed by atoms with van der Waals surface area (Å²) < 4.78 is 23.2. The predicted octanol–water partition coefficient (Wildman–Crippen LogP) is 1.54. The van der Waals surface area contributed by atoms with Crippen molar-refractivity contribution in [3.8, 4) is 0 Å². The fraction of sp³-hybridized carbons (Fsp3) is 1.00. The standard InChI is InChI=1S/C11H23NO2S/c1-4-5-11(3)12-6-7-15(13,14)9-10(2)8-12/h10-11H,4-9H2,1-3H3/t10-,11+/m0/s1. The second-order valence-corrected chi connectivity index (χ2v) is 7.08. The molecule has 0 radical (unpaired) electrons. The Balaban J connectivity index is 2.62. The van der Waals surface area contributed by atoms with Crippen LogP contribution in [0.5, 0.6) is 0 Å². The molecular weight excluding hydrogens is 210 g/mol. The Morgan fingerprint density at radius 2 is 2.13 bits per heavy atom. The van der Waals surface area contributed by atoms with Gasteiger partial charge in [-0.1, -0.05) is 20.3 Å². The Kier molecular flexibility index (Phi) is 4.59. The summed E-state index contributed by atoms with van der Waals surface area (Å²) in [4.78, 5) is 2.33. The highest BCUT2D eigenvalue weighted by atomic mass is 32.2. The predicted molar refractivity (Wildman–Crippen MR) is 63.8 cm³/mol. The Labute approximate surface area is 93.8 Å². The van der Waals surface area contributed by atoms with Gasteiger partial charge in [0.1, 0.15) is 0 Å². The number of rotatable bonds is 3. The third-order valence-corrected chi connectivity index (χ3v) is 4.99. The Morgan fingerprint density at radius 1 is 1.47 bits per heavy atom. The molecule has 0 bridgehead atoms. The molecule has 1 fully saturated rings. The van der Waals surface area contributed by atoms with Crippen LogP contribution >= 0.6 is 0 Å². The van der Waals surface area contributed by atoms with Crippen LogP contribution in [-0.4, -0.2) is 44.0 Å². The van der Waals surface area contributed by atoms with Crippen LogP contribution in [0.2, 0.25) is 0 Å². The van der Waals surface area contributed by atoms with Crippen LogP contribution < -0.4 is 0 Å². The molecule has 1 heterocycles. The van der Waals surface area contributed by atoms with Gasteiger partial charge in [-0.15, -0.1) is 0 Å². The monoisotopic (exact) mass is 233 g/mol. The molecule has 15 heavy (non-hydrogen) atoms. The zero-order chi connectivity index (χ0) is 11.5. The van der Waals surface area contributed by atoms with E-state index in [0.717, 1.165) is 13.0 Å². The molecule has 0 aliphatic carbocycles. The molecule has 4 heteroatoms. The summed E-state index contributed by atoms with van der Waals surface area (Å²) in [7, 11) is -2.79. The van der Waals surface area contributed by atoms with E-state index >= 15 is 0 Å². The summed E-state index contributed by atoms with van der Waals surface area (Å²) in [6.07, 6.45) is 2.32. The Bertz CT molecular complexity index is 287. The first-order valence-electron chi connectivity index (χ1n) is 5.89. The molecule has 1 aliphatic rings. The van der Waals surface area contributed by atoms with Crippen molar-refractivity contribution in [3.63, 3.8) is 0 Å². The molecule has 0 amide bonds. The molecule has 0 unspecified atom stereocenters. The van der Waals surface area contributed by atoms with E-state index in [9.17, 15) is 8.42 Å². The van der Waals surface area contributed by atoms with Gasteiger partial charge in [0.2, 0.25) is 0 Å². The zero-order valence-corrected chi connectivity index (χ0v) is 10.9. The largest absolute Gasteiger partial charge is 0.299 e. The Morgan fingerprint density at radius 3 is 2.73 bits per heavy atom. The maximum absolute atomic E-state index is 11.6. The molecule has 1 saturated heterocycles. The fourth-order valence-corrected chi connectivity index (χ4v) is 3.97. The average Bonchev–Trinajstić information content (AvgIpc) is 2.23. The van der Waals surface area contributed by atoms with Crippen LogP contribution in [0.1, 0.15) is 33.6 Å². The van der Waals surface area contributed by atoms with E-state index in [0.29, 0.717) is 24.1 Å². The van der Waals surface area contributed by atoms with Crippen LogP contribution in [-0.2, 0) is 9.84 Å². The lowest BCUT2D eigenvalue weighted by Gasteiger charge is -2.28.